The second-order valence-corrected chi connectivity index (χ2v) is 4.82. The minimum atomic E-state index is 0.801. The number of rotatable bonds is 4. The molecule has 0 aromatic heterocycles. The predicted octanol–water partition coefficient (Wildman–Crippen LogP) is 2.22. The van der Waals surface area contributed by atoms with Gasteiger partial charge in [-0.1, -0.05) is 53.7 Å². The highest BCUT2D eigenvalue weighted by molar-refractivity contribution is 6.52. The van der Waals surface area contributed by atoms with Gasteiger partial charge in [0.15, 0.2) is 0 Å². The number of hydrogen-bond donors (Lipinski definition) is 0. The van der Waals surface area contributed by atoms with Gasteiger partial charge in [0.2, 0.25) is 0 Å². The van der Waals surface area contributed by atoms with E-state index in [9.17, 15) is 0 Å². The van der Waals surface area contributed by atoms with Crippen LogP contribution >= 0.6 is 0 Å². The van der Waals surface area contributed by atoms with Gasteiger partial charge in [-0.15, -0.1) is 0 Å². The topological polar surface area (TPSA) is 9.23 Å². The quantitative estimate of drug-likeness (QED) is 0.726. The third-order valence-electron chi connectivity index (χ3n) is 2.45. The smallest absolute Gasteiger partial charge is 0.121 e. The Morgan fingerprint density at radius 2 is 1.62 bits per heavy atom. The fourth-order valence-corrected chi connectivity index (χ4v) is 2.72. The van der Waals surface area contributed by atoms with E-state index >= 15 is 0 Å². The van der Waals surface area contributed by atoms with Crippen molar-refractivity contribution in [1.82, 2.24) is 0 Å². The Hall–Kier alpha value is -1.54. The molecule has 0 aliphatic heterocycles. The molecule has 0 N–H and O–H groups in total. The Morgan fingerprint density at radius 1 is 0.938 bits per heavy atom. The Labute approximate surface area is 98.9 Å². The van der Waals surface area contributed by atoms with E-state index in [2.05, 4.69) is 42.5 Å². The maximum absolute atomic E-state index is 5.34. The van der Waals surface area contributed by atoms with Gasteiger partial charge < -0.3 is 4.74 Å². The monoisotopic (exact) mass is 226 g/mol. The fourth-order valence-electron chi connectivity index (χ4n) is 1.60. The lowest BCUT2D eigenvalue weighted by Gasteiger charge is -2.07. The first-order chi connectivity index (χ1) is 7.90. The lowest BCUT2D eigenvalue weighted by molar-refractivity contribution is 0.411. The third kappa shape index (κ3) is 2.73. The van der Waals surface area contributed by atoms with E-state index in [1.54, 1.807) is 7.11 Å². The van der Waals surface area contributed by atoms with E-state index in [-0.39, 0.29) is 0 Å². The molecule has 0 heterocycles. The van der Waals surface area contributed by atoms with Crippen LogP contribution in [0.25, 0.3) is 0 Å². The number of methoxy groups -OCH3 is 1. The first-order valence-electron chi connectivity index (χ1n) is 5.31. The van der Waals surface area contributed by atoms with Crippen LogP contribution < -0.4 is 9.92 Å². The van der Waals surface area contributed by atoms with Gasteiger partial charge in [0.05, 0.1) is 16.6 Å². The molecule has 0 saturated heterocycles. The molecule has 2 aromatic rings. The van der Waals surface area contributed by atoms with Crippen molar-refractivity contribution in [2.24, 2.45) is 0 Å². The van der Waals surface area contributed by atoms with Crippen LogP contribution in [0.1, 0.15) is 5.56 Å². The second-order valence-electron chi connectivity index (χ2n) is 3.53. The summed E-state index contributed by atoms with van der Waals surface area (Å²) >= 11 is 0. The van der Waals surface area contributed by atoms with Crippen LogP contribution in [0, 0.1) is 0 Å². The predicted molar refractivity (Wildman–Crippen MR) is 68.5 cm³/mol. The second kappa shape index (κ2) is 5.52. The fraction of sp³-hybridized carbons (Fsp3) is 0.143. The van der Waals surface area contributed by atoms with Crippen molar-refractivity contribution in [3.8, 4) is 5.75 Å². The summed E-state index contributed by atoms with van der Waals surface area (Å²) in [7, 11) is 2.53. The average Bonchev–Trinajstić information content (AvgIpc) is 2.38. The van der Waals surface area contributed by atoms with E-state index in [1.165, 1.54) is 10.8 Å². The van der Waals surface area contributed by atoms with Crippen LogP contribution in [-0.4, -0.2) is 16.6 Å². The van der Waals surface area contributed by atoms with Crippen LogP contribution in [-0.2, 0) is 6.04 Å². The van der Waals surface area contributed by atoms with Crippen LogP contribution in [0.5, 0.6) is 5.75 Å². The van der Waals surface area contributed by atoms with Gasteiger partial charge in [0.1, 0.15) is 5.75 Å². The minimum Gasteiger partial charge on any atom is -0.496 e. The zero-order valence-electron chi connectivity index (χ0n) is 9.31. The van der Waals surface area contributed by atoms with E-state index < -0.39 is 0 Å². The van der Waals surface area contributed by atoms with Gasteiger partial charge in [-0.3, -0.25) is 0 Å². The Kier molecular flexibility index (Phi) is 3.78. The van der Waals surface area contributed by atoms with E-state index in [0.717, 1.165) is 21.3 Å². The lowest BCUT2D eigenvalue weighted by Crippen LogP contribution is -2.16. The van der Waals surface area contributed by atoms with Crippen molar-refractivity contribution >= 4 is 14.7 Å². The molecular formula is C14H14OSi. The molecule has 0 spiro atoms. The van der Waals surface area contributed by atoms with Gasteiger partial charge in [-0.25, -0.2) is 0 Å². The summed E-state index contributed by atoms with van der Waals surface area (Å²) in [6.07, 6.45) is 0. The zero-order valence-corrected chi connectivity index (χ0v) is 10.3. The highest BCUT2D eigenvalue weighted by atomic mass is 28.2. The molecule has 0 aliphatic carbocycles. The minimum absolute atomic E-state index is 0.801. The normalized spacial score (nSPS) is 10.1. The zero-order chi connectivity index (χ0) is 11.2. The van der Waals surface area contributed by atoms with Crippen molar-refractivity contribution in [3.05, 3.63) is 60.2 Å². The van der Waals surface area contributed by atoms with Gasteiger partial charge in [-0.05, 0) is 17.7 Å². The third-order valence-corrected chi connectivity index (χ3v) is 3.75. The van der Waals surface area contributed by atoms with E-state index in [0.29, 0.717) is 0 Å². The summed E-state index contributed by atoms with van der Waals surface area (Å²) in [5.41, 5.74) is 1.28. The van der Waals surface area contributed by atoms with Gasteiger partial charge in [0, 0.05) is 0 Å². The van der Waals surface area contributed by atoms with Crippen molar-refractivity contribution < 1.29 is 4.74 Å². The highest BCUT2D eigenvalue weighted by Crippen LogP contribution is 2.16. The van der Waals surface area contributed by atoms with Crippen LogP contribution in [0.2, 0.25) is 0 Å². The number of hydrogen-bond acceptors (Lipinski definition) is 1. The van der Waals surface area contributed by atoms with Crippen LogP contribution in [0.3, 0.4) is 0 Å². The average molecular weight is 226 g/mol. The molecule has 0 amide bonds. The highest BCUT2D eigenvalue weighted by Gasteiger charge is 2.02. The Balaban J connectivity index is 2.05. The largest absolute Gasteiger partial charge is 0.496 e. The van der Waals surface area contributed by atoms with Crippen molar-refractivity contribution in [2.75, 3.05) is 7.11 Å². The maximum Gasteiger partial charge on any atom is 0.121 e. The molecule has 0 saturated carbocycles. The van der Waals surface area contributed by atoms with Gasteiger partial charge in [0.25, 0.3) is 0 Å². The van der Waals surface area contributed by atoms with Gasteiger partial charge >= 0.3 is 0 Å². The lowest BCUT2D eigenvalue weighted by atomic mass is 10.2. The summed E-state index contributed by atoms with van der Waals surface area (Å²) < 4.78 is 5.34. The molecule has 80 valence electrons. The molecule has 2 heteroatoms. The Morgan fingerprint density at radius 3 is 2.38 bits per heavy atom. The summed E-state index contributed by atoms with van der Waals surface area (Å²) in [5, 5.41) is 1.40. The summed E-state index contributed by atoms with van der Waals surface area (Å²) in [6.45, 7) is 0. The van der Waals surface area contributed by atoms with E-state index in [1.807, 2.05) is 12.1 Å². The van der Waals surface area contributed by atoms with Crippen LogP contribution in [0.4, 0.5) is 0 Å². The first-order valence-corrected chi connectivity index (χ1v) is 6.51. The number of para-hydroxylation sites is 1. The van der Waals surface area contributed by atoms with Crippen molar-refractivity contribution in [2.45, 2.75) is 6.04 Å². The molecular weight excluding hydrogens is 212 g/mol. The molecule has 0 atom stereocenters. The molecule has 0 bridgehead atoms. The standard InChI is InChI=1S/C14H14OSi/c1-15-14-10-6-5-7-12(14)11-16-13-8-3-2-4-9-13/h2-10H,11H2,1H3. The van der Waals surface area contributed by atoms with E-state index in [4.69, 9.17) is 4.74 Å². The maximum atomic E-state index is 5.34. The first kappa shape index (κ1) is 11.0. The summed E-state index contributed by atoms with van der Waals surface area (Å²) in [6, 6.07) is 19.9. The molecule has 16 heavy (non-hydrogen) atoms. The summed E-state index contributed by atoms with van der Waals surface area (Å²) in [4.78, 5) is 0. The molecule has 2 rings (SSSR count). The Bertz CT molecular complexity index is 439. The van der Waals surface area contributed by atoms with Gasteiger partial charge in [-0.2, -0.15) is 0 Å². The van der Waals surface area contributed by atoms with Crippen molar-refractivity contribution in [3.63, 3.8) is 0 Å². The molecule has 0 unspecified atom stereocenters. The van der Waals surface area contributed by atoms with Crippen molar-refractivity contribution in [1.29, 1.82) is 0 Å². The molecule has 0 fully saturated rings. The molecule has 1 nitrogen and oxygen atoms in total. The number of benzene rings is 2. The molecule has 2 radical (unpaired) electrons. The number of ether oxygens (including phenoxy) is 1. The summed E-state index contributed by atoms with van der Waals surface area (Å²) in [5.74, 6) is 0.992. The molecule has 2 aromatic carbocycles. The van der Waals surface area contributed by atoms with Crippen LogP contribution in [0.15, 0.2) is 54.6 Å². The SMILES string of the molecule is COc1ccccc1C[Si]c1ccccc1. The molecule has 0 aliphatic rings.